The first-order chi connectivity index (χ1) is 10.0. The molecule has 0 amide bonds. The second-order valence-electron chi connectivity index (χ2n) is 5.65. The number of hydrogen-bond acceptors (Lipinski definition) is 2. The molecule has 5 heteroatoms. The van der Waals surface area contributed by atoms with E-state index in [2.05, 4.69) is 44.3 Å². The van der Waals surface area contributed by atoms with Crippen LogP contribution in [0.1, 0.15) is 70.1 Å². The lowest BCUT2D eigenvalue weighted by atomic mass is 10.1. The van der Waals surface area contributed by atoms with Gasteiger partial charge in [0.2, 0.25) is 0 Å². The molecular weight excluding hydrogens is 350 g/mol. The van der Waals surface area contributed by atoms with E-state index in [-0.39, 0.29) is 5.38 Å². The molecule has 2 atom stereocenters. The maximum atomic E-state index is 6.32. The average molecular weight is 373 g/mol. The molecule has 0 saturated heterocycles. The molecule has 0 aliphatic carbocycles. The Kier molecular flexibility index (Phi) is 6.06. The van der Waals surface area contributed by atoms with E-state index in [1.54, 1.807) is 0 Å². The van der Waals surface area contributed by atoms with Crippen LogP contribution in [0, 0.1) is 0 Å². The first kappa shape index (κ1) is 16.8. The molecule has 116 valence electrons. The SMILES string of the molecule is CCCCCCC(C)n1c(C(C)Cl)nc2cc(Br)cnc21. The van der Waals surface area contributed by atoms with E-state index in [1.807, 2.05) is 19.2 Å². The van der Waals surface area contributed by atoms with E-state index in [4.69, 9.17) is 11.6 Å². The van der Waals surface area contributed by atoms with Crippen molar-refractivity contribution in [2.45, 2.75) is 64.3 Å². The zero-order valence-corrected chi connectivity index (χ0v) is 15.3. The highest BCUT2D eigenvalue weighted by Gasteiger charge is 2.19. The van der Waals surface area contributed by atoms with E-state index < -0.39 is 0 Å². The van der Waals surface area contributed by atoms with Crippen LogP contribution in [-0.2, 0) is 0 Å². The van der Waals surface area contributed by atoms with Crippen molar-refractivity contribution in [3.05, 3.63) is 22.6 Å². The number of imidazole rings is 1. The van der Waals surface area contributed by atoms with Crippen LogP contribution in [0.4, 0.5) is 0 Å². The summed E-state index contributed by atoms with van der Waals surface area (Å²) in [5, 5.41) is -0.115. The number of unbranched alkanes of at least 4 members (excludes halogenated alkanes) is 3. The van der Waals surface area contributed by atoms with Gasteiger partial charge in [-0.05, 0) is 42.3 Å². The quantitative estimate of drug-likeness (QED) is 0.439. The third-order valence-electron chi connectivity index (χ3n) is 3.80. The average Bonchev–Trinajstić information content (AvgIpc) is 2.82. The molecule has 2 rings (SSSR count). The highest BCUT2D eigenvalue weighted by molar-refractivity contribution is 9.10. The van der Waals surface area contributed by atoms with Gasteiger partial charge in [0, 0.05) is 16.7 Å². The van der Waals surface area contributed by atoms with Crippen LogP contribution in [0.3, 0.4) is 0 Å². The number of nitrogens with zero attached hydrogens (tertiary/aromatic N) is 3. The van der Waals surface area contributed by atoms with Gasteiger partial charge in [0.25, 0.3) is 0 Å². The summed E-state index contributed by atoms with van der Waals surface area (Å²) >= 11 is 9.78. The Hall–Kier alpha value is -0.610. The van der Waals surface area contributed by atoms with E-state index in [1.165, 1.54) is 25.7 Å². The molecule has 2 heterocycles. The maximum absolute atomic E-state index is 6.32. The summed E-state index contributed by atoms with van der Waals surface area (Å²) in [4.78, 5) is 9.22. The highest BCUT2D eigenvalue weighted by Crippen LogP contribution is 2.30. The zero-order chi connectivity index (χ0) is 15.4. The summed E-state index contributed by atoms with van der Waals surface area (Å²) in [6, 6.07) is 2.38. The summed E-state index contributed by atoms with van der Waals surface area (Å²) < 4.78 is 3.16. The largest absolute Gasteiger partial charge is 0.309 e. The Morgan fingerprint density at radius 3 is 2.71 bits per heavy atom. The van der Waals surface area contributed by atoms with Gasteiger partial charge in [-0.1, -0.05) is 32.6 Å². The van der Waals surface area contributed by atoms with E-state index in [9.17, 15) is 0 Å². The summed E-state index contributed by atoms with van der Waals surface area (Å²) in [6.45, 7) is 6.44. The zero-order valence-electron chi connectivity index (χ0n) is 12.9. The summed E-state index contributed by atoms with van der Waals surface area (Å²) in [7, 11) is 0. The molecule has 0 radical (unpaired) electrons. The van der Waals surface area contributed by atoms with Gasteiger partial charge in [0.1, 0.15) is 11.3 Å². The Morgan fingerprint density at radius 2 is 2.05 bits per heavy atom. The maximum Gasteiger partial charge on any atom is 0.160 e. The third-order valence-corrected chi connectivity index (χ3v) is 4.42. The van der Waals surface area contributed by atoms with Crippen molar-refractivity contribution in [3.63, 3.8) is 0 Å². The van der Waals surface area contributed by atoms with Crippen LogP contribution in [0.2, 0.25) is 0 Å². The van der Waals surface area contributed by atoms with Crippen molar-refractivity contribution in [3.8, 4) is 0 Å². The summed E-state index contributed by atoms with van der Waals surface area (Å²) in [6.07, 6.45) is 8.07. The van der Waals surface area contributed by atoms with Gasteiger partial charge in [-0.2, -0.15) is 0 Å². The minimum Gasteiger partial charge on any atom is -0.309 e. The number of aromatic nitrogens is 3. The fourth-order valence-corrected chi connectivity index (χ4v) is 3.16. The molecule has 0 aromatic carbocycles. The normalized spacial score (nSPS) is 14.5. The van der Waals surface area contributed by atoms with Crippen molar-refractivity contribution in [1.82, 2.24) is 14.5 Å². The number of hydrogen-bond donors (Lipinski definition) is 0. The smallest absolute Gasteiger partial charge is 0.160 e. The van der Waals surface area contributed by atoms with Crippen LogP contribution >= 0.6 is 27.5 Å². The number of rotatable bonds is 7. The van der Waals surface area contributed by atoms with Crippen molar-refractivity contribution in [1.29, 1.82) is 0 Å². The van der Waals surface area contributed by atoms with Gasteiger partial charge in [0.05, 0.1) is 5.38 Å². The minimum atomic E-state index is -0.115. The number of halogens is 2. The molecule has 0 spiro atoms. The Morgan fingerprint density at radius 1 is 1.29 bits per heavy atom. The molecule has 21 heavy (non-hydrogen) atoms. The molecule has 0 aliphatic rings. The first-order valence-corrected chi connectivity index (χ1v) is 8.95. The van der Waals surface area contributed by atoms with Crippen molar-refractivity contribution in [2.24, 2.45) is 0 Å². The predicted molar refractivity (Wildman–Crippen MR) is 93.0 cm³/mol. The first-order valence-electron chi connectivity index (χ1n) is 7.72. The third kappa shape index (κ3) is 3.98. The fraction of sp³-hybridized carbons (Fsp3) is 0.625. The Labute approximate surface area is 140 Å². The lowest BCUT2D eigenvalue weighted by Crippen LogP contribution is -2.10. The van der Waals surface area contributed by atoms with Gasteiger partial charge in [0.15, 0.2) is 5.65 Å². The number of alkyl halides is 1. The summed E-state index contributed by atoms with van der Waals surface area (Å²) in [5.41, 5.74) is 1.84. The molecule has 0 aliphatic heterocycles. The van der Waals surface area contributed by atoms with Crippen LogP contribution in [-0.4, -0.2) is 14.5 Å². The monoisotopic (exact) mass is 371 g/mol. The van der Waals surface area contributed by atoms with E-state index in [0.29, 0.717) is 6.04 Å². The van der Waals surface area contributed by atoms with Crippen molar-refractivity contribution >= 4 is 38.7 Å². The lowest BCUT2D eigenvalue weighted by molar-refractivity contribution is 0.466. The van der Waals surface area contributed by atoms with E-state index >= 15 is 0 Å². The molecule has 0 bridgehead atoms. The molecule has 0 fully saturated rings. The van der Waals surface area contributed by atoms with Gasteiger partial charge in [-0.3, -0.25) is 0 Å². The van der Waals surface area contributed by atoms with Gasteiger partial charge in [-0.15, -0.1) is 11.6 Å². The Bertz CT molecular complexity index is 594. The summed E-state index contributed by atoms with van der Waals surface area (Å²) in [5.74, 6) is 0.917. The standard InChI is InChI=1S/C16H23BrClN3/c1-4-5-6-7-8-11(2)21-15(12(3)18)20-14-9-13(17)10-19-16(14)21/h9-12H,4-8H2,1-3H3. The van der Waals surface area contributed by atoms with Gasteiger partial charge >= 0.3 is 0 Å². The predicted octanol–water partition coefficient (Wildman–Crippen LogP) is 6.03. The molecule has 0 N–H and O–H groups in total. The molecule has 0 saturated carbocycles. The molecule has 3 nitrogen and oxygen atoms in total. The van der Waals surface area contributed by atoms with Gasteiger partial charge in [-0.25, -0.2) is 9.97 Å². The van der Waals surface area contributed by atoms with Crippen LogP contribution in [0.25, 0.3) is 11.2 Å². The number of fused-ring (bicyclic) bond motifs is 1. The van der Waals surface area contributed by atoms with Crippen LogP contribution in [0.15, 0.2) is 16.7 Å². The van der Waals surface area contributed by atoms with Crippen molar-refractivity contribution < 1.29 is 0 Å². The second kappa shape index (κ2) is 7.59. The van der Waals surface area contributed by atoms with E-state index in [0.717, 1.165) is 27.9 Å². The second-order valence-corrected chi connectivity index (χ2v) is 7.22. The topological polar surface area (TPSA) is 30.7 Å². The van der Waals surface area contributed by atoms with Crippen LogP contribution < -0.4 is 0 Å². The molecule has 2 aromatic heterocycles. The molecule has 2 unspecified atom stereocenters. The minimum absolute atomic E-state index is 0.115. The van der Waals surface area contributed by atoms with Crippen LogP contribution in [0.5, 0.6) is 0 Å². The van der Waals surface area contributed by atoms with Gasteiger partial charge < -0.3 is 4.57 Å². The lowest BCUT2D eigenvalue weighted by Gasteiger charge is -2.18. The van der Waals surface area contributed by atoms with Crippen molar-refractivity contribution in [2.75, 3.05) is 0 Å². The molecule has 2 aromatic rings. The Balaban J connectivity index is 2.29. The number of pyridine rings is 1. The fourth-order valence-electron chi connectivity index (χ4n) is 2.69. The molecular formula is C16H23BrClN3. The highest BCUT2D eigenvalue weighted by atomic mass is 79.9.